The lowest BCUT2D eigenvalue weighted by atomic mass is 10.1. The summed E-state index contributed by atoms with van der Waals surface area (Å²) in [5.41, 5.74) is 3.28. The first kappa shape index (κ1) is 20.8. The second-order valence-corrected chi connectivity index (χ2v) is 4.07. The van der Waals surface area contributed by atoms with Crippen LogP contribution in [0, 0.1) is 6.92 Å². The van der Waals surface area contributed by atoms with Crippen molar-refractivity contribution in [2.24, 2.45) is 0 Å². The SMILES string of the molecule is CC.CC.CC.Cc1ccccc1-c1ncc2ccccc2n1. The zero-order valence-electron chi connectivity index (χ0n) is 15.6. The van der Waals surface area contributed by atoms with Gasteiger partial charge in [0, 0.05) is 17.1 Å². The maximum Gasteiger partial charge on any atom is 0.160 e. The van der Waals surface area contributed by atoms with Crippen molar-refractivity contribution in [2.75, 3.05) is 0 Å². The number of benzene rings is 2. The average molecular weight is 310 g/mol. The third kappa shape index (κ3) is 5.82. The van der Waals surface area contributed by atoms with Crippen molar-refractivity contribution in [3.8, 4) is 11.4 Å². The predicted octanol–water partition coefficient (Wildman–Crippen LogP) is 6.68. The molecule has 124 valence electrons. The molecule has 0 unspecified atom stereocenters. The van der Waals surface area contributed by atoms with Crippen LogP contribution >= 0.6 is 0 Å². The van der Waals surface area contributed by atoms with E-state index >= 15 is 0 Å². The molecule has 0 aliphatic rings. The van der Waals surface area contributed by atoms with Crippen molar-refractivity contribution < 1.29 is 0 Å². The summed E-state index contributed by atoms with van der Waals surface area (Å²) < 4.78 is 0. The summed E-state index contributed by atoms with van der Waals surface area (Å²) in [6.45, 7) is 14.1. The molecule has 0 fully saturated rings. The standard InChI is InChI=1S/C15H12N2.3C2H6/c1-11-6-2-4-8-13(11)15-16-10-12-7-3-5-9-14(12)17-15;3*1-2/h2-10H,1H3;3*1-2H3. The number of rotatable bonds is 1. The molecule has 0 bridgehead atoms. The van der Waals surface area contributed by atoms with Gasteiger partial charge in [-0.15, -0.1) is 0 Å². The molecule has 0 radical (unpaired) electrons. The maximum atomic E-state index is 4.60. The van der Waals surface area contributed by atoms with Gasteiger partial charge in [-0.2, -0.15) is 0 Å². The first-order valence-corrected chi connectivity index (χ1v) is 8.62. The Labute approximate surface area is 141 Å². The highest BCUT2D eigenvalue weighted by Gasteiger charge is 2.04. The van der Waals surface area contributed by atoms with Gasteiger partial charge in [0.25, 0.3) is 0 Å². The molecular weight excluding hydrogens is 280 g/mol. The Morgan fingerprint density at radius 1 is 0.696 bits per heavy atom. The molecule has 0 saturated heterocycles. The molecule has 1 heterocycles. The van der Waals surface area contributed by atoms with E-state index in [1.54, 1.807) is 0 Å². The highest BCUT2D eigenvalue weighted by molar-refractivity contribution is 5.79. The van der Waals surface area contributed by atoms with Crippen molar-refractivity contribution >= 4 is 10.9 Å². The van der Waals surface area contributed by atoms with E-state index in [4.69, 9.17) is 0 Å². The Morgan fingerprint density at radius 3 is 1.91 bits per heavy atom. The van der Waals surface area contributed by atoms with Gasteiger partial charge in [-0.05, 0) is 18.6 Å². The number of hydrogen-bond acceptors (Lipinski definition) is 2. The molecule has 0 atom stereocenters. The van der Waals surface area contributed by atoms with Gasteiger partial charge in [0.05, 0.1) is 5.52 Å². The van der Waals surface area contributed by atoms with Crippen LogP contribution < -0.4 is 0 Å². The van der Waals surface area contributed by atoms with Gasteiger partial charge in [-0.1, -0.05) is 84.0 Å². The Morgan fingerprint density at radius 2 is 1.26 bits per heavy atom. The second-order valence-electron chi connectivity index (χ2n) is 4.07. The van der Waals surface area contributed by atoms with E-state index in [9.17, 15) is 0 Å². The number of aromatic nitrogens is 2. The summed E-state index contributed by atoms with van der Waals surface area (Å²) in [5.74, 6) is 0.793. The van der Waals surface area contributed by atoms with Gasteiger partial charge in [0.15, 0.2) is 5.82 Å². The first-order valence-electron chi connectivity index (χ1n) is 8.62. The van der Waals surface area contributed by atoms with Crippen LogP contribution in [0.2, 0.25) is 0 Å². The molecule has 0 aliphatic carbocycles. The minimum atomic E-state index is 0.793. The number of fused-ring (bicyclic) bond motifs is 1. The molecule has 3 aromatic rings. The number of hydrogen-bond donors (Lipinski definition) is 0. The molecule has 0 N–H and O–H groups in total. The van der Waals surface area contributed by atoms with Crippen LogP contribution in [0.25, 0.3) is 22.3 Å². The van der Waals surface area contributed by atoms with E-state index in [0.29, 0.717) is 0 Å². The first-order chi connectivity index (χ1) is 11.3. The fourth-order valence-corrected chi connectivity index (χ4v) is 1.93. The average Bonchev–Trinajstić information content (AvgIpc) is 2.67. The lowest BCUT2D eigenvalue weighted by Crippen LogP contribution is -1.91. The van der Waals surface area contributed by atoms with Crippen LogP contribution in [0.4, 0.5) is 0 Å². The van der Waals surface area contributed by atoms with Crippen molar-refractivity contribution in [3.63, 3.8) is 0 Å². The fraction of sp³-hybridized carbons (Fsp3) is 0.333. The van der Waals surface area contributed by atoms with E-state index in [0.717, 1.165) is 22.3 Å². The monoisotopic (exact) mass is 310 g/mol. The van der Waals surface area contributed by atoms with Gasteiger partial charge in [-0.3, -0.25) is 0 Å². The van der Waals surface area contributed by atoms with Gasteiger partial charge in [-0.25, -0.2) is 9.97 Å². The normalized spacial score (nSPS) is 8.65. The summed E-state index contributed by atoms with van der Waals surface area (Å²) in [4.78, 5) is 9.02. The highest BCUT2D eigenvalue weighted by atomic mass is 14.9. The molecule has 2 heteroatoms. The van der Waals surface area contributed by atoms with Crippen molar-refractivity contribution in [3.05, 3.63) is 60.3 Å². The minimum absolute atomic E-state index is 0.793. The summed E-state index contributed by atoms with van der Waals surface area (Å²) in [5, 5.41) is 1.07. The van der Waals surface area contributed by atoms with E-state index in [-0.39, 0.29) is 0 Å². The smallest absolute Gasteiger partial charge is 0.160 e. The molecule has 1 aromatic heterocycles. The number of nitrogens with zero attached hydrogens (tertiary/aromatic N) is 2. The fourth-order valence-electron chi connectivity index (χ4n) is 1.93. The van der Waals surface area contributed by atoms with E-state index < -0.39 is 0 Å². The molecule has 2 nitrogen and oxygen atoms in total. The quantitative estimate of drug-likeness (QED) is 0.500. The van der Waals surface area contributed by atoms with Crippen LogP contribution in [-0.4, -0.2) is 9.97 Å². The van der Waals surface area contributed by atoms with E-state index in [1.165, 1.54) is 5.56 Å². The summed E-state index contributed by atoms with van der Waals surface area (Å²) >= 11 is 0. The minimum Gasteiger partial charge on any atom is -0.236 e. The van der Waals surface area contributed by atoms with Crippen molar-refractivity contribution in [1.82, 2.24) is 9.97 Å². The molecule has 3 rings (SSSR count). The molecule has 0 spiro atoms. The number of para-hydroxylation sites is 1. The number of aryl methyl sites for hydroxylation is 1. The molecule has 23 heavy (non-hydrogen) atoms. The molecule has 0 saturated carbocycles. The zero-order valence-corrected chi connectivity index (χ0v) is 15.6. The molecular formula is C21H30N2. The third-order valence-electron chi connectivity index (χ3n) is 2.87. The maximum absolute atomic E-state index is 4.60. The zero-order chi connectivity index (χ0) is 17.7. The lowest BCUT2D eigenvalue weighted by molar-refractivity contribution is 1.21. The lowest BCUT2D eigenvalue weighted by Gasteiger charge is -2.04. The largest absolute Gasteiger partial charge is 0.236 e. The van der Waals surface area contributed by atoms with Crippen LogP contribution in [0.1, 0.15) is 47.1 Å². The highest BCUT2D eigenvalue weighted by Crippen LogP contribution is 2.21. The summed E-state index contributed by atoms with van der Waals surface area (Å²) in [6.07, 6.45) is 1.88. The van der Waals surface area contributed by atoms with Crippen molar-refractivity contribution in [1.29, 1.82) is 0 Å². The van der Waals surface area contributed by atoms with E-state index in [2.05, 4.69) is 29.0 Å². The molecule has 2 aromatic carbocycles. The summed E-state index contributed by atoms with van der Waals surface area (Å²) in [6, 6.07) is 16.2. The molecule has 0 amide bonds. The Hall–Kier alpha value is -2.22. The van der Waals surface area contributed by atoms with Gasteiger partial charge < -0.3 is 0 Å². The summed E-state index contributed by atoms with van der Waals surface area (Å²) in [7, 11) is 0. The van der Waals surface area contributed by atoms with Crippen LogP contribution in [0.3, 0.4) is 0 Å². The van der Waals surface area contributed by atoms with Gasteiger partial charge in [0.1, 0.15) is 0 Å². The van der Waals surface area contributed by atoms with Crippen LogP contribution in [-0.2, 0) is 0 Å². The predicted molar refractivity (Wildman–Crippen MR) is 104 cm³/mol. The van der Waals surface area contributed by atoms with Crippen LogP contribution in [0.15, 0.2) is 54.7 Å². The van der Waals surface area contributed by atoms with Gasteiger partial charge in [0.2, 0.25) is 0 Å². The van der Waals surface area contributed by atoms with Crippen molar-refractivity contribution in [2.45, 2.75) is 48.5 Å². The topological polar surface area (TPSA) is 25.8 Å². The van der Waals surface area contributed by atoms with Gasteiger partial charge >= 0.3 is 0 Å². The van der Waals surface area contributed by atoms with Crippen LogP contribution in [0.5, 0.6) is 0 Å². The Kier molecular flexibility index (Phi) is 11.1. The Bertz CT molecular complexity index is 675. The molecule has 0 aliphatic heterocycles. The van der Waals surface area contributed by atoms with E-state index in [1.807, 2.05) is 84.1 Å². The Balaban J connectivity index is 0.000000728. The second kappa shape index (κ2) is 12.3. The third-order valence-corrected chi connectivity index (χ3v) is 2.87.